The van der Waals surface area contributed by atoms with E-state index in [1.54, 1.807) is 12.1 Å². The molecule has 3 nitrogen and oxygen atoms in total. The van der Waals surface area contributed by atoms with Crippen LogP contribution in [-0.2, 0) is 16.2 Å². The molecule has 0 amide bonds. The van der Waals surface area contributed by atoms with Gasteiger partial charge in [-0.25, -0.2) is 0 Å². The number of benzene rings is 3. The topological polar surface area (TPSA) is 60.7 Å². The van der Waals surface area contributed by atoms with E-state index >= 15 is 0 Å². The van der Waals surface area contributed by atoms with E-state index < -0.39 is 0 Å². The van der Waals surface area contributed by atoms with Gasteiger partial charge in [0.25, 0.3) is 0 Å². The second-order valence-electron chi connectivity index (χ2n) is 12.1. The molecule has 0 fully saturated rings. The Morgan fingerprint density at radius 2 is 0.816 bits per heavy atom. The lowest BCUT2D eigenvalue weighted by molar-refractivity contribution is 0.443. The summed E-state index contributed by atoms with van der Waals surface area (Å²) in [6.45, 7) is 19.7. The first-order valence-electron chi connectivity index (χ1n) is 13.6. The number of phenols is 3. The van der Waals surface area contributed by atoms with E-state index in [4.69, 9.17) is 0 Å². The maximum Gasteiger partial charge on any atom is 0.143 e. The maximum absolute atomic E-state index is 11.5. The largest absolute Gasteiger partial charge is 0.507 e. The Balaban J connectivity index is 2.14. The zero-order valence-corrected chi connectivity index (χ0v) is 26.0. The van der Waals surface area contributed by atoms with Crippen molar-refractivity contribution in [3.63, 3.8) is 0 Å². The lowest BCUT2D eigenvalue weighted by Gasteiger charge is -2.26. The molecule has 0 radical (unpaired) electrons. The Kier molecular flexibility index (Phi) is 9.15. The van der Waals surface area contributed by atoms with Crippen molar-refractivity contribution in [1.29, 1.82) is 0 Å². The molecule has 0 atom stereocenters. The van der Waals surface area contributed by atoms with Crippen LogP contribution >= 0.6 is 23.5 Å². The van der Waals surface area contributed by atoms with E-state index in [-0.39, 0.29) is 33.5 Å². The van der Waals surface area contributed by atoms with Crippen molar-refractivity contribution < 1.29 is 15.3 Å². The number of rotatable bonds is 10. The monoisotopic (exact) mass is 552 g/mol. The van der Waals surface area contributed by atoms with Gasteiger partial charge in [0, 0.05) is 0 Å². The van der Waals surface area contributed by atoms with Crippen LogP contribution in [0.25, 0.3) is 0 Å². The average Bonchev–Trinajstić information content (AvgIpc) is 2.88. The van der Waals surface area contributed by atoms with E-state index in [1.807, 2.05) is 36.4 Å². The summed E-state index contributed by atoms with van der Waals surface area (Å²) in [6.07, 6.45) is 2.89. The van der Waals surface area contributed by atoms with Crippen molar-refractivity contribution in [3.8, 4) is 17.2 Å². The minimum absolute atomic E-state index is 0.0209. The van der Waals surface area contributed by atoms with Crippen LogP contribution in [0.3, 0.4) is 0 Å². The van der Waals surface area contributed by atoms with Crippen molar-refractivity contribution in [2.45, 2.75) is 117 Å². The molecule has 5 heteroatoms. The molecular weight excluding hydrogens is 508 g/mol. The molecule has 0 heterocycles. The van der Waals surface area contributed by atoms with E-state index in [1.165, 1.54) is 23.5 Å². The fraction of sp³-hybridized carbons (Fsp3) is 0.455. The molecule has 0 saturated carbocycles. The third-order valence-electron chi connectivity index (χ3n) is 8.40. The van der Waals surface area contributed by atoms with E-state index in [0.717, 1.165) is 45.7 Å². The minimum Gasteiger partial charge on any atom is -0.507 e. The van der Waals surface area contributed by atoms with Crippen molar-refractivity contribution in [2.75, 3.05) is 0 Å². The predicted molar refractivity (Wildman–Crippen MR) is 163 cm³/mol. The van der Waals surface area contributed by atoms with Crippen LogP contribution in [-0.4, -0.2) is 15.3 Å². The first kappa shape index (κ1) is 30.3. The molecule has 38 heavy (non-hydrogen) atoms. The van der Waals surface area contributed by atoms with Crippen LogP contribution in [0.4, 0.5) is 0 Å². The normalized spacial score (nSPS) is 12.7. The predicted octanol–water partition coefficient (Wildman–Crippen LogP) is 10.2. The van der Waals surface area contributed by atoms with Crippen LogP contribution < -0.4 is 0 Å². The Bertz CT molecular complexity index is 1200. The molecule has 0 spiro atoms. The Labute approximate surface area is 238 Å². The van der Waals surface area contributed by atoms with Gasteiger partial charge in [-0.3, -0.25) is 0 Å². The van der Waals surface area contributed by atoms with Gasteiger partial charge in [0.05, 0.1) is 19.6 Å². The molecule has 3 N–H and O–H groups in total. The van der Waals surface area contributed by atoms with Gasteiger partial charge in [0.2, 0.25) is 0 Å². The van der Waals surface area contributed by atoms with Crippen LogP contribution in [0.1, 0.15) is 98.3 Å². The third kappa shape index (κ3) is 6.48. The quantitative estimate of drug-likeness (QED) is 0.233. The van der Waals surface area contributed by atoms with Gasteiger partial charge in [0.15, 0.2) is 0 Å². The van der Waals surface area contributed by atoms with Crippen molar-refractivity contribution >= 4 is 23.5 Å². The van der Waals surface area contributed by atoms with Crippen LogP contribution in [0, 0.1) is 0 Å². The molecule has 206 valence electrons. The van der Waals surface area contributed by atoms with Gasteiger partial charge in [-0.05, 0) is 88.6 Å². The summed E-state index contributed by atoms with van der Waals surface area (Å²) in [5.41, 5.74) is 3.26. The number of hydrogen-bond acceptors (Lipinski definition) is 5. The van der Waals surface area contributed by atoms with Gasteiger partial charge in [-0.15, -0.1) is 0 Å². The number of phenolic OH excluding ortho intramolecular Hbond substituents is 3. The third-order valence-corrected chi connectivity index (χ3v) is 10.6. The molecule has 0 saturated heterocycles. The van der Waals surface area contributed by atoms with Crippen molar-refractivity contribution in [3.05, 3.63) is 65.2 Å². The summed E-state index contributed by atoms with van der Waals surface area (Å²) in [7, 11) is 0. The molecule has 3 rings (SSSR count). The highest BCUT2D eigenvalue weighted by atomic mass is 32.2. The lowest BCUT2D eigenvalue weighted by Crippen LogP contribution is -2.16. The van der Waals surface area contributed by atoms with Crippen molar-refractivity contribution in [2.24, 2.45) is 0 Å². The Morgan fingerprint density at radius 1 is 0.500 bits per heavy atom. The fourth-order valence-corrected chi connectivity index (χ4v) is 6.05. The molecular formula is C33H44O3S2. The molecule has 3 aromatic carbocycles. The molecule has 0 aliphatic rings. The summed E-state index contributed by atoms with van der Waals surface area (Å²) < 4.78 is 0. The minimum atomic E-state index is -0.111. The molecule has 0 aliphatic carbocycles. The summed E-state index contributed by atoms with van der Waals surface area (Å²) in [5, 5.41) is 33.0. The second kappa shape index (κ2) is 11.5. The highest BCUT2D eigenvalue weighted by Gasteiger charge is 2.25. The van der Waals surface area contributed by atoms with Gasteiger partial charge < -0.3 is 15.3 Å². The molecule has 0 bridgehead atoms. The fourth-order valence-electron chi connectivity index (χ4n) is 4.01. The molecule has 0 aromatic heterocycles. The van der Waals surface area contributed by atoms with Gasteiger partial charge in [-0.1, -0.05) is 98.0 Å². The standard InChI is InChI=1S/C33H44O3S2/c1-10-31(4,5)21-13-15-24(34)26(17-21)37-28-19-23(33(8,9)12-3)20-29(30(28)36)38-27-18-22(14-16-25(27)35)32(6,7)11-2/h13-20,34-36H,10-12H2,1-9H3. The molecule has 3 aromatic rings. The van der Waals surface area contributed by atoms with Crippen LogP contribution in [0.5, 0.6) is 17.2 Å². The van der Waals surface area contributed by atoms with Crippen LogP contribution in [0.15, 0.2) is 68.1 Å². The van der Waals surface area contributed by atoms with Gasteiger partial charge in [0.1, 0.15) is 17.2 Å². The Morgan fingerprint density at radius 3 is 1.16 bits per heavy atom. The average molecular weight is 553 g/mol. The highest BCUT2D eigenvalue weighted by Crippen LogP contribution is 2.49. The summed E-state index contributed by atoms with van der Waals surface area (Å²) in [5.74, 6) is 0.563. The van der Waals surface area contributed by atoms with E-state index in [9.17, 15) is 15.3 Å². The summed E-state index contributed by atoms with van der Waals surface area (Å²) in [6, 6.07) is 15.6. The smallest absolute Gasteiger partial charge is 0.143 e. The second-order valence-corrected chi connectivity index (χ2v) is 14.3. The van der Waals surface area contributed by atoms with Crippen molar-refractivity contribution in [1.82, 2.24) is 0 Å². The first-order valence-corrected chi connectivity index (χ1v) is 15.2. The van der Waals surface area contributed by atoms with E-state index in [2.05, 4.69) is 62.3 Å². The molecule has 0 unspecified atom stereocenters. The SMILES string of the molecule is CCC(C)(C)c1ccc(O)c(Sc2cc(C(C)(C)CC)cc(Sc3cc(C(C)(C)CC)ccc3O)c2O)c1. The number of hydrogen-bond donors (Lipinski definition) is 3. The summed E-state index contributed by atoms with van der Waals surface area (Å²) >= 11 is 2.77. The molecule has 0 aliphatic heterocycles. The van der Waals surface area contributed by atoms with Gasteiger partial charge >= 0.3 is 0 Å². The number of aromatic hydroxyl groups is 3. The zero-order chi connectivity index (χ0) is 28.5. The zero-order valence-electron chi connectivity index (χ0n) is 24.4. The van der Waals surface area contributed by atoms with E-state index in [0.29, 0.717) is 9.79 Å². The first-order chi connectivity index (χ1) is 17.6. The Hall–Kier alpha value is -2.24. The lowest BCUT2D eigenvalue weighted by atomic mass is 9.82. The maximum atomic E-state index is 11.5. The van der Waals surface area contributed by atoms with Crippen LogP contribution in [0.2, 0.25) is 0 Å². The van der Waals surface area contributed by atoms with Gasteiger partial charge in [-0.2, -0.15) is 0 Å². The summed E-state index contributed by atoms with van der Waals surface area (Å²) in [4.78, 5) is 2.82. The highest BCUT2D eigenvalue weighted by molar-refractivity contribution is 8.00.